The van der Waals surface area contributed by atoms with Gasteiger partial charge < -0.3 is 19.7 Å². The summed E-state index contributed by atoms with van der Waals surface area (Å²) in [5.41, 5.74) is 2.28. The molecule has 0 aliphatic heterocycles. The first kappa shape index (κ1) is 21.3. The Labute approximate surface area is 190 Å². The Balaban J connectivity index is 1.25. The number of pyridine rings is 1. The van der Waals surface area contributed by atoms with Gasteiger partial charge in [0, 0.05) is 18.0 Å². The highest BCUT2D eigenvalue weighted by molar-refractivity contribution is 5.70. The van der Waals surface area contributed by atoms with E-state index in [1.807, 2.05) is 19.1 Å². The van der Waals surface area contributed by atoms with Crippen LogP contribution in [0, 0.1) is 12.8 Å². The van der Waals surface area contributed by atoms with Crippen molar-refractivity contribution in [2.45, 2.75) is 64.0 Å². The molecule has 0 radical (unpaired) electrons. The predicted octanol–water partition coefficient (Wildman–Crippen LogP) is 3.74. The van der Waals surface area contributed by atoms with Crippen molar-refractivity contribution in [3.05, 3.63) is 41.7 Å². The van der Waals surface area contributed by atoms with Crippen molar-refractivity contribution >= 4 is 11.9 Å². The molecule has 2 N–H and O–H groups in total. The molecule has 2 fully saturated rings. The number of anilines is 1. The van der Waals surface area contributed by atoms with Gasteiger partial charge in [0.15, 0.2) is 5.76 Å². The third-order valence-electron chi connectivity index (χ3n) is 6.19. The molecule has 0 aromatic carbocycles. The van der Waals surface area contributed by atoms with Crippen molar-refractivity contribution in [3.8, 4) is 17.2 Å². The number of aromatic nitrogens is 5. The summed E-state index contributed by atoms with van der Waals surface area (Å²) in [5.74, 6) is 1.92. The van der Waals surface area contributed by atoms with Crippen LogP contribution in [0.2, 0.25) is 0 Å². The van der Waals surface area contributed by atoms with Crippen LogP contribution in [0.25, 0.3) is 11.5 Å². The summed E-state index contributed by atoms with van der Waals surface area (Å²) in [6.07, 6.45) is 8.26. The molecular formula is C23H26N6O4. The zero-order chi connectivity index (χ0) is 22.8. The van der Waals surface area contributed by atoms with E-state index < -0.39 is 5.97 Å². The van der Waals surface area contributed by atoms with E-state index >= 15 is 0 Å². The smallest absolute Gasteiger partial charge is 0.306 e. The van der Waals surface area contributed by atoms with E-state index in [0.717, 1.165) is 42.8 Å². The lowest BCUT2D eigenvalue weighted by Gasteiger charge is -2.27. The molecule has 0 bridgehead atoms. The number of carboxylic acid groups (broad SMARTS) is 1. The molecule has 172 valence electrons. The number of carboxylic acids is 1. The summed E-state index contributed by atoms with van der Waals surface area (Å²) < 4.78 is 11.6. The molecule has 10 nitrogen and oxygen atoms in total. The van der Waals surface area contributed by atoms with Crippen LogP contribution in [0.4, 0.5) is 5.95 Å². The Bertz CT molecular complexity index is 1130. The van der Waals surface area contributed by atoms with Gasteiger partial charge in [0.2, 0.25) is 5.95 Å². The molecule has 2 saturated carbocycles. The first-order valence-electron chi connectivity index (χ1n) is 11.3. The summed E-state index contributed by atoms with van der Waals surface area (Å²) >= 11 is 0. The number of carbonyl (C=O) groups is 1. The number of nitrogens with one attached hydrogen (secondary N) is 1. The molecule has 2 atom stereocenters. The highest BCUT2D eigenvalue weighted by atomic mass is 16.5. The van der Waals surface area contributed by atoms with E-state index in [2.05, 4.69) is 30.4 Å². The van der Waals surface area contributed by atoms with E-state index in [0.29, 0.717) is 48.5 Å². The fourth-order valence-corrected chi connectivity index (χ4v) is 4.15. The molecule has 0 saturated heterocycles. The van der Waals surface area contributed by atoms with Crippen molar-refractivity contribution in [2.24, 2.45) is 5.92 Å². The van der Waals surface area contributed by atoms with Crippen LogP contribution < -0.4 is 10.1 Å². The summed E-state index contributed by atoms with van der Waals surface area (Å²) in [5, 5.41) is 16.6. The number of rotatable bonds is 8. The highest BCUT2D eigenvalue weighted by Gasteiger charge is 2.28. The zero-order valence-corrected chi connectivity index (χ0v) is 18.4. The highest BCUT2D eigenvalue weighted by Crippen LogP contribution is 2.38. The minimum absolute atomic E-state index is 0.110. The van der Waals surface area contributed by atoms with E-state index in [1.54, 1.807) is 6.20 Å². The van der Waals surface area contributed by atoms with E-state index in [1.165, 1.54) is 6.33 Å². The fraction of sp³-hybridized carbons (Fsp3) is 0.478. The van der Waals surface area contributed by atoms with Crippen LogP contribution in [0.15, 0.2) is 29.2 Å². The maximum absolute atomic E-state index is 11.3. The number of nitrogens with zero attached hydrogens (tertiary/aromatic N) is 5. The van der Waals surface area contributed by atoms with Crippen LogP contribution >= 0.6 is 0 Å². The van der Waals surface area contributed by atoms with Crippen molar-refractivity contribution in [3.63, 3.8) is 0 Å². The lowest BCUT2D eigenvalue weighted by atomic mass is 9.87. The second-order valence-corrected chi connectivity index (χ2v) is 8.69. The summed E-state index contributed by atoms with van der Waals surface area (Å²) in [7, 11) is 0. The van der Waals surface area contributed by atoms with Crippen molar-refractivity contribution in [1.82, 2.24) is 25.1 Å². The maximum Gasteiger partial charge on any atom is 0.306 e. The second kappa shape index (κ2) is 9.13. The average molecular weight is 450 g/mol. The molecule has 2 aliphatic carbocycles. The van der Waals surface area contributed by atoms with Crippen LogP contribution in [0.3, 0.4) is 0 Å². The number of hydrogen-bond acceptors (Lipinski definition) is 9. The molecule has 3 aromatic heterocycles. The van der Waals surface area contributed by atoms with Gasteiger partial charge in [-0.15, -0.1) is 0 Å². The minimum atomic E-state index is -0.750. The monoisotopic (exact) mass is 450 g/mol. The first-order valence-corrected chi connectivity index (χ1v) is 11.3. The number of ether oxygens (including phenoxy) is 1. The van der Waals surface area contributed by atoms with Gasteiger partial charge in [-0.3, -0.25) is 4.79 Å². The van der Waals surface area contributed by atoms with Crippen molar-refractivity contribution in [1.29, 1.82) is 0 Å². The lowest BCUT2D eigenvalue weighted by molar-refractivity contribution is -0.143. The molecule has 33 heavy (non-hydrogen) atoms. The molecule has 0 spiro atoms. The Morgan fingerprint density at radius 3 is 2.85 bits per heavy atom. The quantitative estimate of drug-likeness (QED) is 0.522. The van der Waals surface area contributed by atoms with E-state index in [-0.39, 0.29) is 12.0 Å². The normalized spacial score (nSPS) is 20.4. The number of hydrogen-bond donors (Lipinski definition) is 2. The summed E-state index contributed by atoms with van der Waals surface area (Å²) in [6, 6.07) is 3.65. The van der Waals surface area contributed by atoms with Gasteiger partial charge in [-0.2, -0.15) is 4.98 Å². The average Bonchev–Trinajstić information content (AvgIpc) is 3.62. The van der Waals surface area contributed by atoms with Crippen LogP contribution in [-0.4, -0.2) is 42.3 Å². The van der Waals surface area contributed by atoms with Gasteiger partial charge in [-0.05, 0) is 57.6 Å². The first-order chi connectivity index (χ1) is 16.1. The zero-order valence-electron chi connectivity index (χ0n) is 18.4. The topological polar surface area (TPSA) is 136 Å². The molecule has 0 amide bonds. The van der Waals surface area contributed by atoms with Gasteiger partial charge in [0.05, 0.1) is 23.9 Å². The van der Waals surface area contributed by atoms with Gasteiger partial charge in [0.1, 0.15) is 23.6 Å². The Morgan fingerprint density at radius 1 is 1.21 bits per heavy atom. The molecule has 10 heteroatoms. The molecular weight excluding hydrogens is 424 g/mol. The number of aryl methyl sites for hydroxylation is 1. The second-order valence-electron chi connectivity index (χ2n) is 8.69. The maximum atomic E-state index is 11.3. The Hall–Kier alpha value is -3.56. The van der Waals surface area contributed by atoms with Gasteiger partial charge in [-0.1, -0.05) is 5.16 Å². The Kier molecular flexibility index (Phi) is 5.89. The fourth-order valence-electron chi connectivity index (χ4n) is 4.15. The number of aliphatic carboxylic acids is 1. The van der Waals surface area contributed by atoms with Gasteiger partial charge in [-0.25, -0.2) is 15.0 Å². The van der Waals surface area contributed by atoms with Gasteiger partial charge >= 0.3 is 5.97 Å². The van der Waals surface area contributed by atoms with E-state index in [4.69, 9.17) is 9.26 Å². The van der Waals surface area contributed by atoms with Crippen molar-refractivity contribution < 1.29 is 19.2 Å². The van der Waals surface area contributed by atoms with Crippen LogP contribution in [0.1, 0.15) is 61.5 Å². The molecule has 5 rings (SSSR count). The van der Waals surface area contributed by atoms with Crippen LogP contribution in [-0.2, 0) is 11.3 Å². The minimum Gasteiger partial charge on any atom is -0.489 e. The third-order valence-corrected chi connectivity index (χ3v) is 6.19. The van der Waals surface area contributed by atoms with E-state index in [9.17, 15) is 9.90 Å². The standard InChI is InChI=1S/C23H26N6O4/c1-13-18(11-25-23-27-12-26-21(28-23)14-5-6-14)20(33-29-13)19-8-7-17(10-24-19)32-16-4-2-3-15(9-16)22(30)31/h7-8,10,12,14-16H,2-6,9,11H2,1H3,(H,30,31)(H,25,26,27,28)/t15-,16-/m0/s1. The molecule has 2 aliphatic rings. The van der Waals surface area contributed by atoms with Crippen molar-refractivity contribution in [2.75, 3.05) is 5.32 Å². The molecule has 0 unspecified atom stereocenters. The SMILES string of the molecule is Cc1noc(-c2ccc(O[C@H]3CCC[C@H](C(=O)O)C3)cn2)c1CNc1ncnc(C2CC2)n1. The Morgan fingerprint density at radius 2 is 2.09 bits per heavy atom. The molecule has 3 heterocycles. The summed E-state index contributed by atoms with van der Waals surface area (Å²) in [6.45, 7) is 2.32. The van der Waals surface area contributed by atoms with Crippen LogP contribution in [0.5, 0.6) is 5.75 Å². The largest absolute Gasteiger partial charge is 0.489 e. The predicted molar refractivity (Wildman–Crippen MR) is 118 cm³/mol. The lowest BCUT2D eigenvalue weighted by Crippen LogP contribution is -2.29. The van der Waals surface area contributed by atoms with Gasteiger partial charge in [0.25, 0.3) is 0 Å². The summed E-state index contributed by atoms with van der Waals surface area (Å²) in [4.78, 5) is 28.7. The molecule has 3 aromatic rings. The third kappa shape index (κ3) is 4.94.